The third-order valence-electron chi connectivity index (χ3n) is 3.34. The van der Waals surface area contributed by atoms with Crippen LogP contribution >= 0.6 is 27.3 Å². The summed E-state index contributed by atoms with van der Waals surface area (Å²) in [5.41, 5.74) is 2.57. The maximum atomic E-state index is 5.73. The van der Waals surface area contributed by atoms with Crippen LogP contribution in [0, 0.1) is 20.8 Å². The van der Waals surface area contributed by atoms with Crippen LogP contribution in [0.4, 0.5) is 0 Å². The molecule has 2 nitrogen and oxygen atoms in total. The molecule has 0 aromatic carbocycles. The smallest absolute Gasteiger partial charge is 0.106 e. The molecule has 0 radical (unpaired) electrons. The van der Waals surface area contributed by atoms with Gasteiger partial charge in [-0.25, -0.2) is 0 Å². The zero-order valence-corrected chi connectivity index (χ0v) is 13.5. The van der Waals surface area contributed by atoms with E-state index in [1.165, 1.54) is 16.0 Å². The van der Waals surface area contributed by atoms with Crippen molar-refractivity contribution in [2.24, 2.45) is 0 Å². The van der Waals surface area contributed by atoms with Crippen LogP contribution in [0.15, 0.2) is 20.3 Å². The Bertz CT molecular complexity index is 544. The van der Waals surface area contributed by atoms with Crippen LogP contribution in [0.2, 0.25) is 0 Å². The summed E-state index contributed by atoms with van der Waals surface area (Å²) < 4.78 is 6.89. The second kappa shape index (κ2) is 5.59. The van der Waals surface area contributed by atoms with E-state index in [1.54, 1.807) is 11.3 Å². The molecule has 2 aromatic heterocycles. The Kier molecular flexibility index (Phi) is 4.30. The molecule has 2 heterocycles. The summed E-state index contributed by atoms with van der Waals surface area (Å²) in [7, 11) is 2.01. The van der Waals surface area contributed by atoms with Gasteiger partial charge in [-0.2, -0.15) is 0 Å². The van der Waals surface area contributed by atoms with Gasteiger partial charge in [0.1, 0.15) is 11.5 Å². The number of furan rings is 1. The SMILES string of the molecule is CNC(Cc1cc(Br)cs1)c1c(C)oc(C)c1C. The molecule has 1 atom stereocenters. The molecule has 0 saturated heterocycles. The van der Waals surface area contributed by atoms with Crippen LogP contribution < -0.4 is 5.32 Å². The van der Waals surface area contributed by atoms with Gasteiger partial charge in [-0.05, 0) is 55.4 Å². The first-order chi connectivity index (χ1) is 8.52. The quantitative estimate of drug-likeness (QED) is 0.892. The van der Waals surface area contributed by atoms with Gasteiger partial charge in [0.15, 0.2) is 0 Å². The highest BCUT2D eigenvalue weighted by molar-refractivity contribution is 9.10. The first kappa shape index (κ1) is 13.8. The fraction of sp³-hybridized carbons (Fsp3) is 0.429. The van der Waals surface area contributed by atoms with E-state index in [0.717, 1.165) is 22.4 Å². The lowest BCUT2D eigenvalue weighted by molar-refractivity contribution is 0.490. The van der Waals surface area contributed by atoms with Gasteiger partial charge >= 0.3 is 0 Å². The summed E-state index contributed by atoms with van der Waals surface area (Å²) in [5.74, 6) is 2.05. The number of rotatable bonds is 4. The van der Waals surface area contributed by atoms with Crippen molar-refractivity contribution >= 4 is 27.3 Å². The van der Waals surface area contributed by atoms with Crippen molar-refractivity contribution in [1.82, 2.24) is 5.32 Å². The van der Waals surface area contributed by atoms with Gasteiger partial charge < -0.3 is 9.73 Å². The highest BCUT2D eigenvalue weighted by atomic mass is 79.9. The standard InChI is InChI=1S/C14H18BrNOS/c1-8-9(2)17-10(3)14(8)13(16-4)6-12-5-11(15)7-18-12/h5,7,13,16H,6H2,1-4H3. The molecule has 0 fully saturated rings. The summed E-state index contributed by atoms with van der Waals surface area (Å²) in [4.78, 5) is 1.37. The average Bonchev–Trinajstić information content (AvgIpc) is 2.82. The minimum absolute atomic E-state index is 0.313. The van der Waals surface area contributed by atoms with Crippen molar-refractivity contribution in [3.63, 3.8) is 0 Å². The predicted molar refractivity (Wildman–Crippen MR) is 80.4 cm³/mol. The van der Waals surface area contributed by atoms with Crippen LogP contribution in [0.1, 0.15) is 33.6 Å². The Hall–Kier alpha value is -0.580. The van der Waals surface area contributed by atoms with Crippen LogP contribution in [0.25, 0.3) is 0 Å². The van der Waals surface area contributed by atoms with Crippen molar-refractivity contribution < 1.29 is 4.42 Å². The first-order valence-corrected chi connectivity index (χ1v) is 7.66. The largest absolute Gasteiger partial charge is 0.466 e. The molecule has 0 aliphatic heterocycles. The summed E-state index contributed by atoms with van der Waals surface area (Å²) >= 11 is 5.29. The van der Waals surface area contributed by atoms with E-state index in [4.69, 9.17) is 4.42 Å². The summed E-state index contributed by atoms with van der Waals surface area (Å²) in [5, 5.41) is 5.53. The second-order valence-electron chi connectivity index (χ2n) is 4.53. The molecule has 1 N–H and O–H groups in total. The maximum Gasteiger partial charge on any atom is 0.106 e. The highest BCUT2D eigenvalue weighted by Crippen LogP contribution is 2.31. The minimum atomic E-state index is 0.313. The van der Waals surface area contributed by atoms with E-state index in [0.29, 0.717) is 6.04 Å². The fourth-order valence-electron chi connectivity index (χ4n) is 2.33. The van der Waals surface area contributed by atoms with Gasteiger partial charge in [-0.3, -0.25) is 0 Å². The molecule has 0 spiro atoms. The van der Waals surface area contributed by atoms with Gasteiger partial charge in [0.05, 0.1) is 0 Å². The number of hydrogen-bond donors (Lipinski definition) is 1. The number of hydrogen-bond acceptors (Lipinski definition) is 3. The molecular formula is C14H18BrNOS. The van der Waals surface area contributed by atoms with Gasteiger partial charge in [-0.15, -0.1) is 11.3 Å². The monoisotopic (exact) mass is 327 g/mol. The molecule has 2 aromatic rings. The van der Waals surface area contributed by atoms with Crippen LogP contribution in [0.3, 0.4) is 0 Å². The van der Waals surface area contributed by atoms with E-state index in [9.17, 15) is 0 Å². The molecule has 98 valence electrons. The number of halogens is 1. The highest BCUT2D eigenvalue weighted by Gasteiger charge is 2.20. The molecule has 18 heavy (non-hydrogen) atoms. The Morgan fingerprint density at radius 2 is 2.06 bits per heavy atom. The van der Waals surface area contributed by atoms with E-state index in [-0.39, 0.29) is 0 Å². The van der Waals surface area contributed by atoms with E-state index in [2.05, 4.69) is 39.6 Å². The summed E-state index contributed by atoms with van der Waals surface area (Å²) in [6.45, 7) is 6.21. The third kappa shape index (κ3) is 2.71. The molecule has 0 amide bonds. The fourth-order valence-corrected chi connectivity index (χ4v) is 3.83. The van der Waals surface area contributed by atoms with Crippen molar-refractivity contribution in [2.45, 2.75) is 33.2 Å². The number of nitrogens with one attached hydrogen (secondary N) is 1. The summed E-state index contributed by atoms with van der Waals surface area (Å²) in [6.07, 6.45) is 0.993. The molecule has 0 bridgehead atoms. The molecule has 0 saturated carbocycles. The molecule has 1 unspecified atom stereocenters. The molecule has 2 rings (SSSR count). The average molecular weight is 328 g/mol. The lowest BCUT2D eigenvalue weighted by Crippen LogP contribution is -2.19. The third-order valence-corrected chi connectivity index (χ3v) is 5.06. The second-order valence-corrected chi connectivity index (χ2v) is 6.44. The Morgan fingerprint density at radius 3 is 2.50 bits per heavy atom. The summed E-state index contributed by atoms with van der Waals surface area (Å²) in [6, 6.07) is 2.50. The minimum Gasteiger partial charge on any atom is -0.466 e. The van der Waals surface area contributed by atoms with E-state index < -0.39 is 0 Å². The topological polar surface area (TPSA) is 25.2 Å². The molecule has 0 aliphatic carbocycles. The van der Waals surface area contributed by atoms with Crippen molar-refractivity contribution in [3.05, 3.63) is 43.4 Å². The van der Waals surface area contributed by atoms with Gasteiger partial charge in [0, 0.05) is 32.8 Å². The van der Waals surface area contributed by atoms with Crippen molar-refractivity contribution in [2.75, 3.05) is 7.05 Å². The maximum absolute atomic E-state index is 5.73. The number of likely N-dealkylation sites (N-methyl/N-ethyl adjacent to an activating group) is 1. The van der Waals surface area contributed by atoms with Gasteiger partial charge in [-0.1, -0.05) is 0 Å². The molecule has 0 aliphatic rings. The lowest BCUT2D eigenvalue weighted by Gasteiger charge is -2.16. The molecule has 4 heteroatoms. The predicted octanol–water partition coefficient (Wildman–Crippen LogP) is 4.53. The van der Waals surface area contributed by atoms with Crippen LogP contribution in [-0.2, 0) is 6.42 Å². The Balaban J connectivity index is 2.28. The number of thiophene rings is 1. The van der Waals surface area contributed by atoms with E-state index in [1.807, 2.05) is 20.9 Å². The van der Waals surface area contributed by atoms with Crippen molar-refractivity contribution in [3.8, 4) is 0 Å². The van der Waals surface area contributed by atoms with Gasteiger partial charge in [0.25, 0.3) is 0 Å². The first-order valence-electron chi connectivity index (χ1n) is 5.99. The van der Waals surface area contributed by atoms with Crippen molar-refractivity contribution in [1.29, 1.82) is 0 Å². The Labute approximate surface area is 121 Å². The Morgan fingerprint density at radius 1 is 1.33 bits per heavy atom. The van der Waals surface area contributed by atoms with Crippen LogP contribution in [0.5, 0.6) is 0 Å². The zero-order chi connectivity index (χ0) is 13.3. The van der Waals surface area contributed by atoms with Gasteiger partial charge in [0.2, 0.25) is 0 Å². The normalized spacial score (nSPS) is 12.9. The van der Waals surface area contributed by atoms with Crippen LogP contribution in [-0.4, -0.2) is 7.05 Å². The molecular weight excluding hydrogens is 310 g/mol. The lowest BCUT2D eigenvalue weighted by atomic mass is 9.99. The van der Waals surface area contributed by atoms with E-state index >= 15 is 0 Å². The number of aryl methyl sites for hydroxylation is 2. The zero-order valence-electron chi connectivity index (χ0n) is 11.1.